The predicted molar refractivity (Wildman–Crippen MR) is 88.4 cm³/mol. The number of alkyl halides is 4. The van der Waals surface area contributed by atoms with E-state index >= 15 is 0 Å². The summed E-state index contributed by atoms with van der Waals surface area (Å²) in [5, 5.41) is 11.1. The van der Waals surface area contributed by atoms with E-state index in [-0.39, 0.29) is 16.0 Å². The van der Waals surface area contributed by atoms with Crippen molar-refractivity contribution < 1.29 is 31.7 Å². The van der Waals surface area contributed by atoms with Crippen LogP contribution in [0, 0.1) is 15.9 Å². The van der Waals surface area contributed by atoms with Crippen molar-refractivity contribution >= 4 is 23.0 Å². The molecule has 1 unspecified atom stereocenters. The standard InChI is InChI=1S/C17H10F5N3O3/c18-12-4-2-1-3-10(12)14-11-7-9(25(27)28)5-6-13(11)24(8-17(20,21)22)16(26)15(19)23-14/h1-7,15H,8H2. The number of rotatable bonds is 3. The van der Waals surface area contributed by atoms with Crippen molar-refractivity contribution in [3.05, 3.63) is 69.5 Å². The van der Waals surface area contributed by atoms with Gasteiger partial charge in [-0.2, -0.15) is 13.2 Å². The fraction of sp³-hybridized carbons (Fsp3) is 0.176. The summed E-state index contributed by atoms with van der Waals surface area (Å²) in [6, 6.07) is 7.44. The fourth-order valence-electron chi connectivity index (χ4n) is 2.76. The van der Waals surface area contributed by atoms with Gasteiger partial charge in [0.2, 0.25) is 0 Å². The van der Waals surface area contributed by atoms with Gasteiger partial charge in [0.05, 0.1) is 16.3 Å². The van der Waals surface area contributed by atoms with E-state index in [2.05, 4.69) is 4.99 Å². The van der Waals surface area contributed by atoms with Crippen LogP contribution in [0.5, 0.6) is 0 Å². The second kappa shape index (κ2) is 6.98. The highest BCUT2D eigenvalue weighted by molar-refractivity contribution is 6.20. The molecule has 6 nitrogen and oxygen atoms in total. The lowest BCUT2D eigenvalue weighted by Crippen LogP contribution is -2.42. The molecule has 1 heterocycles. The molecule has 0 spiro atoms. The number of nitro benzene ring substituents is 1. The Morgan fingerprint density at radius 3 is 2.43 bits per heavy atom. The van der Waals surface area contributed by atoms with Crippen molar-refractivity contribution in [2.45, 2.75) is 12.5 Å². The first-order valence-electron chi connectivity index (χ1n) is 7.72. The maximum Gasteiger partial charge on any atom is 0.406 e. The van der Waals surface area contributed by atoms with E-state index in [1.54, 1.807) is 0 Å². The summed E-state index contributed by atoms with van der Waals surface area (Å²) in [4.78, 5) is 26.0. The second-order valence-electron chi connectivity index (χ2n) is 5.79. The van der Waals surface area contributed by atoms with Gasteiger partial charge < -0.3 is 0 Å². The largest absolute Gasteiger partial charge is 0.406 e. The van der Waals surface area contributed by atoms with Crippen molar-refractivity contribution in [1.29, 1.82) is 0 Å². The van der Waals surface area contributed by atoms with Gasteiger partial charge in [0, 0.05) is 23.3 Å². The Morgan fingerprint density at radius 1 is 1.14 bits per heavy atom. The van der Waals surface area contributed by atoms with Gasteiger partial charge in [-0.1, -0.05) is 12.1 Å². The number of non-ortho nitro benzene ring substituents is 1. The van der Waals surface area contributed by atoms with Crippen LogP contribution in [0.4, 0.5) is 33.3 Å². The zero-order chi connectivity index (χ0) is 20.6. The maximum atomic E-state index is 14.4. The van der Waals surface area contributed by atoms with Crippen LogP contribution in [-0.2, 0) is 4.79 Å². The molecule has 3 rings (SSSR count). The first kappa shape index (κ1) is 19.4. The van der Waals surface area contributed by atoms with Crippen molar-refractivity contribution in [2.24, 2.45) is 4.99 Å². The first-order chi connectivity index (χ1) is 13.1. The highest BCUT2D eigenvalue weighted by atomic mass is 19.4. The van der Waals surface area contributed by atoms with E-state index in [0.717, 1.165) is 24.3 Å². The Morgan fingerprint density at radius 2 is 1.82 bits per heavy atom. The smallest absolute Gasteiger partial charge is 0.298 e. The van der Waals surface area contributed by atoms with Crippen LogP contribution in [-0.4, -0.2) is 35.6 Å². The van der Waals surface area contributed by atoms with E-state index in [4.69, 9.17) is 0 Å². The van der Waals surface area contributed by atoms with Crippen molar-refractivity contribution in [1.82, 2.24) is 0 Å². The average molecular weight is 399 g/mol. The van der Waals surface area contributed by atoms with Crippen LogP contribution in [0.1, 0.15) is 11.1 Å². The third kappa shape index (κ3) is 3.68. The highest BCUT2D eigenvalue weighted by Crippen LogP contribution is 2.34. The summed E-state index contributed by atoms with van der Waals surface area (Å²) in [6.45, 7) is -1.84. The molecule has 28 heavy (non-hydrogen) atoms. The van der Waals surface area contributed by atoms with E-state index < -0.39 is 52.8 Å². The number of hydrogen-bond donors (Lipinski definition) is 0. The number of aliphatic imine (C=N–C) groups is 1. The first-order valence-corrected chi connectivity index (χ1v) is 7.72. The summed E-state index contributed by atoms with van der Waals surface area (Å²) in [7, 11) is 0. The number of carbonyl (C=O) groups is 1. The summed E-state index contributed by atoms with van der Waals surface area (Å²) in [5.74, 6) is -2.50. The number of amides is 1. The minimum absolute atomic E-state index is 0.0983. The Bertz CT molecular complexity index is 990. The maximum absolute atomic E-state index is 14.4. The zero-order valence-corrected chi connectivity index (χ0v) is 13.8. The lowest BCUT2D eigenvalue weighted by Gasteiger charge is -2.24. The van der Waals surface area contributed by atoms with Crippen LogP contribution in [0.15, 0.2) is 47.5 Å². The average Bonchev–Trinajstić information content (AvgIpc) is 2.71. The third-order valence-electron chi connectivity index (χ3n) is 3.92. The number of fused-ring (bicyclic) bond motifs is 1. The fourth-order valence-corrected chi connectivity index (χ4v) is 2.76. The van der Waals surface area contributed by atoms with Crippen LogP contribution in [0.25, 0.3) is 0 Å². The van der Waals surface area contributed by atoms with Gasteiger partial charge >= 0.3 is 6.18 Å². The van der Waals surface area contributed by atoms with E-state index in [0.29, 0.717) is 0 Å². The number of carbonyl (C=O) groups excluding carboxylic acids is 1. The number of benzodiazepines with no additional fused rings is 1. The lowest BCUT2D eigenvalue weighted by atomic mass is 9.99. The van der Waals surface area contributed by atoms with Crippen molar-refractivity contribution in [2.75, 3.05) is 11.4 Å². The van der Waals surface area contributed by atoms with Gasteiger partial charge in [0.15, 0.2) is 0 Å². The van der Waals surface area contributed by atoms with Crippen LogP contribution in [0.3, 0.4) is 0 Å². The summed E-state index contributed by atoms with van der Waals surface area (Å²) in [5.41, 5.74) is -2.18. The molecule has 0 N–H and O–H groups in total. The SMILES string of the molecule is O=C1C(F)N=C(c2ccccc2F)c2cc([N+](=O)[O-])ccc2N1CC(F)(F)F. The molecule has 0 bridgehead atoms. The van der Waals surface area contributed by atoms with E-state index in [1.165, 1.54) is 18.2 Å². The van der Waals surface area contributed by atoms with Gasteiger partial charge in [-0.25, -0.2) is 13.8 Å². The summed E-state index contributed by atoms with van der Waals surface area (Å²) < 4.78 is 67.4. The molecular weight excluding hydrogens is 389 g/mol. The topological polar surface area (TPSA) is 75.8 Å². The molecule has 2 aromatic carbocycles. The molecule has 11 heteroatoms. The molecular formula is C17H10F5N3O3. The summed E-state index contributed by atoms with van der Waals surface area (Å²) in [6.07, 6.45) is -7.62. The van der Waals surface area contributed by atoms with Gasteiger partial charge in [-0.3, -0.25) is 19.8 Å². The Balaban J connectivity index is 2.29. The number of nitro groups is 1. The predicted octanol–water partition coefficient (Wildman–Crippen LogP) is 3.78. The molecule has 1 aliphatic rings. The highest BCUT2D eigenvalue weighted by Gasteiger charge is 2.40. The van der Waals surface area contributed by atoms with E-state index in [9.17, 15) is 36.9 Å². The molecule has 0 aromatic heterocycles. The number of nitrogens with zero attached hydrogens (tertiary/aromatic N) is 3. The normalized spacial score (nSPS) is 17.0. The van der Waals surface area contributed by atoms with Crippen molar-refractivity contribution in [3.63, 3.8) is 0 Å². The minimum Gasteiger partial charge on any atom is -0.298 e. The zero-order valence-electron chi connectivity index (χ0n) is 13.8. The third-order valence-corrected chi connectivity index (χ3v) is 3.92. The van der Waals surface area contributed by atoms with Gasteiger partial charge in [0.25, 0.3) is 17.9 Å². The molecule has 0 saturated heterocycles. The van der Waals surface area contributed by atoms with Gasteiger partial charge in [0.1, 0.15) is 12.4 Å². The van der Waals surface area contributed by atoms with Gasteiger partial charge in [-0.05, 0) is 18.2 Å². The molecule has 1 atom stereocenters. The van der Waals surface area contributed by atoms with Crippen LogP contribution >= 0.6 is 0 Å². The quantitative estimate of drug-likeness (QED) is 0.341. The Labute approximate surface area is 154 Å². The molecule has 2 aromatic rings. The minimum atomic E-state index is -4.88. The van der Waals surface area contributed by atoms with E-state index in [1.807, 2.05) is 0 Å². The number of anilines is 1. The summed E-state index contributed by atoms with van der Waals surface area (Å²) >= 11 is 0. The number of halogens is 5. The molecule has 1 aliphatic heterocycles. The van der Waals surface area contributed by atoms with Crippen LogP contribution < -0.4 is 4.90 Å². The lowest BCUT2D eigenvalue weighted by molar-refractivity contribution is -0.384. The molecule has 0 radical (unpaired) electrons. The van der Waals surface area contributed by atoms with Gasteiger partial charge in [-0.15, -0.1) is 0 Å². The molecule has 146 valence electrons. The molecule has 0 aliphatic carbocycles. The molecule has 0 fully saturated rings. The molecule has 1 amide bonds. The number of benzene rings is 2. The number of hydrogen-bond acceptors (Lipinski definition) is 4. The Hall–Kier alpha value is -3.37. The second-order valence-corrected chi connectivity index (χ2v) is 5.79. The molecule has 0 saturated carbocycles. The van der Waals surface area contributed by atoms with Crippen LogP contribution in [0.2, 0.25) is 0 Å². The van der Waals surface area contributed by atoms with Crippen molar-refractivity contribution in [3.8, 4) is 0 Å². The Kier molecular flexibility index (Phi) is 4.84. The monoisotopic (exact) mass is 399 g/mol.